The smallest absolute Gasteiger partial charge is 0.0921 e. The molecule has 1 aliphatic rings. The first-order valence-corrected chi connectivity index (χ1v) is 6.44. The first-order chi connectivity index (χ1) is 8.67. The summed E-state index contributed by atoms with van der Waals surface area (Å²) in [6.45, 7) is 1.88. The molecule has 0 spiro atoms. The van der Waals surface area contributed by atoms with E-state index in [1.165, 1.54) is 0 Å². The van der Waals surface area contributed by atoms with Crippen LogP contribution < -0.4 is 0 Å². The van der Waals surface area contributed by atoms with E-state index in [1.807, 2.05) is 30.3 Å². The maximum atomic E-state index is 10.8. The zero-order chi connectivity index (χ0) is 12.6. The van der Waals surface area contributed by atoms with Gasteiger partial charge in [-0.05, 0) is 37.6 Å². The molecule has 1 N–H and O–H groups in total. The van der Waals surface area contributed by atoms with Crippen molar-refractivity contribution in [2.24, 2.45) is 0 Å². The van der Waals surface area contributed by atoms with Crippen molar-refractivity contribution in [2.75, 3.05) is 20.1 Å². The second-order valence-electron chi connectivity index (χ2n) is 5.25. The van der Waals surface area contributed by atoms with Gasteiger partial charge in [0.2, 0.25) is 0 Å². The van der Waals surface area contributed by atoms with Gasteiger partial charge in [-0.25, -0.2) is 0 Å². The van der Waals surface area contributed by atoms with Crippen LogP contribution in [-0.2, 0) is 5.60 Å². The van der Waals surface area contributed by atoms with Gasteiger partial charge in [-0.15, -0.1) is 0 Å². The van der Waals surface area contributed by atoms with Crippen molar-refractivity contribution in [1.82, 2.24) is 9.88 Å². The van der Waals surface area contributed by atoms with Crippen molar-refractivity contribution < 1.29 is 5.11 Å². The van der Waals surface area contributed by atoms with Crippen LogP contribution in [0.4, 0.5) is 0 Å². The normalized spacial score (nSPS) is 20.1. The molecule has 3 rings (SSSR count). The third-order valence-corrected chi connectivity index (χ3v) is 3.96. The van der Waals surface area contributed by atoms with Crippen LogP contribution in [0.15, 0.2) is 36.5 Å². The van der Waals surface area contributed by atoms with Crippen molar-refractivity contribution in [3.63, 3.8) is 0 Å². The zero-order valence-electron chi connectivity index (χ0n) is 10.6. The van der Waals surface area contributed by atoms with Gasteiger partial charge >= 0.3 is 0 Å². The minimum atomic E-state index is -0.682. The molecule has 0 unspecified atom stereocenters. The van der Waals surface area contributed by atoms with Crippen LogP contribution in [0.2, 0.25) is 0 Å². The van der Waals surface area contributed by atoms with Crippen molar-refractivity contribution in [3.8, 4) is 0 Å². The van der Waals surface area contributed by atoms with Gasteiger partial charge in [-0.2, -0.15) is 0 Å². The predicted octanol–water partition coefficient (Wildman–Crippen LogP) is 2.15. The summed E-state index contributed by atoms with van der Waals surface area (Å²) in [5.74, 6) is 0. The number of hydrogen-bond acceptors (Lipinski definition) is 3. The van der Waals surface area contributed by atoms with Crippen molar-refractivity contribution in [3.05, 3.63) is 42.1 Å². The number of benzene rings is 1. The van der Waals surface area contributed by atoms with Gasteiger partial charge in [0.25, 0.3) is 0 Å². The second kappa shape index (κ2) is 4.34. The molecule has 2 heterocycles. The number of aromatic nitrogens is 1. The van der Waals surface area contributed by atoms with Crippen LogP contribution in [-0.4, -0.2) is 35.1 Å². The average molecular weight is 242 g/mol. The maximum Gasteiger partial charge on any atom is 0.0921 e. The molecule has 1 aliphatic heterocycles. The summed E-state index contributed by atoms with van der Waals surface area (Å²) in [5, 5.41) is 11.9. The fourth-order valence-electron chi connectivity index (χ4n) is 2.63. The fourth-order valence-corrected chi connectivity index (χ4v) is 2.63. The lowest BCUT2D eigenvalue weighted by Crippen LogP contribution is -2.40. The van der Waals surface area contributed by atoms with Crippen molar-refractivity contribution in [2.45, 2.75) is 18.4 Å². The van der Waals surface area contributed by atoms with E-state index in [0.717, 1.165) is 42.4 Å². The molecule has 0 saturated carbocycles. The molecule has 1 saturated heterocycles. The maximum absolute atomic E-state index is 10.8. The van der Waals surface area contributed by atoms with Gasteiger partial charge in [-0.3, -0.25) is 4.98 Å². The summed E-state index contributed by atoms with van der Waals surface area (Å²) in [7, 11) is 2.10. The van der Waals surface area contributed by atoms with Crippen LogP contribution in [0.5, 0.6) is 0 Å². The molecule has 1 aromatic carbocycles. The monoisotopic (exact) mass is 242 g/mol. The summed E-state index contributed by atoms with van der Waals surface area (Å²) in [5.41, 5.74) is 1.28. The van der Waals surface area contributed by atoms with E-state index in [0.29, 0.717) is 0 Å². The summed E-state index contributed by atoms with van der Waals surface area (Å²) >= 11 is 0. The topological polar surface area (TPSA) is 36.4 Å². The molecule has 18 heavy (non-hydrogen) atoms. The Labute approximate surface area is 107 Å². The summed E-state index contributed by atoms with van der Waals surface area (Å²) in [6.07, 6.45) is 3.38. The number of pyridine rings is 1. The van der Waals surface area contributed by atoms with E-state index in [1.54, 1.807) is 6.20 Å². The predicted molar refractivity (Wildman–Crippen MR) is 72.4 cm³/mol. The van der Waals surface area contributed by atoms with Crippen LogP contribution in [0, 0.1) is 0 Å². The molecule has 0 bridgehead atoms. The van der Waals surface area contributed by atoms with Gasteiger partial charge in [-0.1, -0.05) is 18.2 Å². The fraction of sp³-hybridized carbons (Fsp3) is 0.400. The van der Waals surface area contributed by atoms with Crippen molar-refractivity contribution in [1.29, 1.82) is 0 Å². The Bertz CT molecular complexity index is 559. The lowest BCUT2D eigenvalue weighted by atomic mass is 9.84. The lowest BCUT2D eigenvalue weighted by molar-refractivity contribution is -0.0202. The first kappa shape index (κ1) is 11.6. The summed E-state index contributed by atoms with van der Waals surface area (Å²) < 4.78 is 0. The molecule has 1 fully saturated rings. The molecular weight excluding hydrogens is 224 g/mol. The molecule has 3 nitrogen and oxygen atoms in total. The minimum Gasteiger partial charge on any atom is -0.385 e. The van der Waals surface area contributed by atoms with E-state index in [-0.39, 0.29) is 0 Å². The molecule has 1 aromatic heterocycles. The molecule has 94 valence electrons. The Morgan fingerprint density at radius 1 is 1.22 bits per heavy atom. The highest BCUT2D eigenvalue weighted by Gasteiger charge is 2.32. The Morgan fingerprint density at radius 2 is 2.00 bits per heavy atom. The quantitative estimate of drug-likeness (QED) is 0.832. The van der Waals surface area contributed by atoms with Crippen LogP contribution >= 0.6 is 0 Å². The van der Waals surface area contributed by atoms with Gasteiger partial charge in [0.15, 0.2) is 0 Å². The Morgan fingerprint density at radius 3 is 2.78 bits per heavy atom. The second-order valence-corrected chi connectivity index (χ2v) is 5.25. The zero-order valence-corrected chi connectivity index (χ0v) is 10.6. The van der Waals surface area contributed by atoms with Gasteiger partial charge in [0.05, 0.1) is 11.1 Å². The molecule has 3 heteroatoms. The molecular formula is C15H18N2O. The molecule has 0 aliphatic carbocycles. The largest absolute Gasteiger partial charge is 0.385 e. The van der Waals surface area contributed by atoms with E-state index in [2.05, 4.69) is 16.9 Å². The number of nitrogens with zero attached hydrogens (tertiary/aromatic N) is 2. The molecule has 0 amide bonds. The summed E-state index contributed by atoms with van der Waals surface area (Å²) in [4.78, 5) is 6.62. The number of rotatable bonds is 1. The number of aliphatic hydroxyl groups is 1. The van der Waals surface area contributed by atoms with E-state index < -0.39 is 5.60 Å². The van der Waals surface area contributed by atoms with E-state index in [4.69, 9.17) is 0 Å². The number of hydrogen-bond donors (Lipinski definition) is 1. The highest BCUT2D eigenvalue weighted by Crippen LogP contribution is 2.33. The third kappa shape index (κ3) is 2.00. The average Bonchev–Trinajstić information content (AvgIpc) is 2.42. The highest BCUT2D eigenvalue weighted by atomic mass is 16.3. The van der Waals surface area contributed by atoms with Crippen molar-refractivity contribution >= 4 is 10.9 Å². The standard InChI is InChI=1S/C15H18N2O/c1-17-9-6-15(18,7-10-17)13-5-4-12-3-2-8-16-14(12)11-13/h2-5,8,11,18H,6-7,9-10H2,1H3. The molecule has 0 radical (unpaired) electrons. The van der Waals surface area contributed by atoms with E-state index >= 15 is 0 Å². The SMILES string of the molecule is CN1CCC(O)(c2ccc3cccnc3c2)CC1. The molecule has 0 atom stereocenters. The third-order valence-electron chi connectivity index (χ3n) is 3.96. The van der Waals surface area contributed by atoms with Crippen LogP contribution in [0.25, 0.3) is 10.9 Å². The number of piperidine rings is 1. The Balaban J connectivity index is 1.98. The van der Waals surface area contributed by atoms with Crippen LogP contribution in [0.3, 0.4) is 0 Å². The van der Waals surface area contributed by atoms with Gasteiger partial charge in [0, 0.05) is 24.7 Å². The van der Waals surface area contributed by atoms with E-state index in [9.17, 15) is 5.11 Å². The van der Waals surface area contributed by atoms with Gasteiger partial charge in [0.1, 0.15) is 0 Å². The summed E-state index contributed by atoms with van der Waals surface area (Å²) in [6, 6.07) is 10.1. The first-order valence-electron chi connectivity index (χ1n) is 6.44. The number of likely N-dealkylation sites (tertiary alicyclic amines) is 1. The van der Waals surface area contributed by atoms with Crippen LogP contribution in [0.1, 0.15) is 18.4 Å². The lowest BCUT2D eigenvalue weighted by Gasteiger charge is -2.37. The Hall–Kier alpha value is -1.45. The minimum absolute atomic E-state index is 0.682. The Kier molecular flexibility index (Phi) is 2.80. The van der Waals surface area contributed by atoms with Gasteiger partial charge < -0.3 is 10.0 Å². The number of fused-ring (bicyclic) bond motifs is 1. The molecule has 2 aromatic rings. The highest BCUT2D eigenvalue weighted by molar-refractivity contribution is 5.79.